The molecule has 3 unspecified atom stereocenters. The lowest BCUT2D eigenvalue weighted by molar-refractivity contribution is 0.333. The van der Waals surface area contributed by atoms with Crippen molar-refractivity contribution in [1.82, 2.24) is 4.57 Å². The molecule has 236 valence electrons. The molecule has 0 spiro atoms. The molecule has 12 rings (SSSR count). The fourth-order valence-corrected chi connectivity index (χ4v) is 10.3. The summed E-state index contributed by atoms with van der Waals surface area (Å²) in [5, 5.41) is 4.84. The number of hydrogen-bond donors (Lipinski definition) is 0. The van der Waals surface area contributed by atoms with E-state index >= 15 is 0 Å². The first-order chi connectivity index (χ1) is 24.8. The molecule has 0 saturated heterocycles. The maximum atomic E-state index is 6.44. The summed E-state index contributed by atoms with van der Waals surface area (Å²) in [7, 11) is 0. The van der Waals surface area contributed by atoms with Crippen LogP contribution in [0.25, 0.3) is 82.8 Å². The van der Waals surface area contributed by atoms with Gasteiger partial charge in [-0.3, -0.25) is 0 Å². The van der Waals surface area contributed by atoms with Gasteiger partial charge in [0.2, 0.25) is 0 Å². The topological polar surface area (TPSA) is 18.1 Å². The molecule has 0 radical (unpaired) electrons. The van der Waals surface area contributed by atoms with E-state index in [-0.39, 0.29) is 0 Å². The fourth-order valence-electron chi connectivity index (χ4n) is 10.3. The largest absolute Gasteiger partial charge is 0.456 e. The van der Waals surface area contributed by atoms with E-state index in [9.17, 15) is 0 Å². The standard InChI is InChI=1S/C48H33NO/c1-2-10-32-31(9-1)36-13-7-15-38-33-22-19-28(25-40(33)39-16-8-14-37(32)48(39)47(36)38)29-20-23-45-41(26-29)42-27-30(21-24-46(42)50-45)49-43-17-5-3-11-34(43)35-12-4-6-18-44(35)49/h1-6,8-12,14,16-27,36,38,47H,7,13,15H2. The van der Waals surface area contributed by atoms with E-state index in [0.717, 1.165) is 27.6 Å². The quantitative estimate of drug-likeness (QED) is 0.184. The van der Waals surface area contributed by atoms with Crippen LogP contribution in [-0.4, -0.2) is 4.57 Å². The van der Waals surface area contributed by atoms with Crippen LogP contribution >= 0.6 is 0 Å². The second-order valence-electron chi connectivity index (χ2n) is 14.7. The normalized spacial score (nSPS) is 18.8. The SMILES string of the molecule is c1ccc2c(c1)-c1cccc3c1C1C2CCCC1c1ccc(-c2ccc4oc5ccc(-n6c7ccccc7c7ccccc76)cc5c4c2)cc1-3. The molecule has 7 aromatic carbocycles. The van der Waals surface area contributed by atoms with E-state index in [0.29, 0.717) is 17.8 Å². The van der Waals surface area contributed by atoms with Crippen LogP contribution in [-0.2, 0) is 0 Å². The third-order valence-electron chi connectivity index (χ3n) is 12.4. The third kappa shape index (κ3) is 3.53. The van der Waals surface area contributed by atoms with Crippen LogP contribution in [0.5, 0.6) is 0 Å². The zero-order chi connectivity index (χ0) is 32.5. The van der Waals surface area contributed by atoms with E-state index in [1.165, 1.54) is 80.0 Å². The number of aromatic nitrogens is 1. The molecule has 2 heterocycles. The van der Waals surface area contributed by atoms with Crippen molar-refractivity contribution in [2.24, 2.45) is 0 Å². The van der Waals surface area contributed by atoms with E-state index in [1.807, 2.05) is 0 Å². The summed E-state index contributed by atoms with van der Waals surface area (Å²) in [6.45, 7) is 0. The molecule has 3 aliphatic carbocycles. The molecule has 0 aliphatic heterocycles. The molecule has 3 aliphatic rings. The molecule has 1 fully saturated rings. The Morgan fingerprint density at radius 2 is 1.06 bits per heavy atom. The van der Waals surface area contributed by atoms with Crippen LogP contribution in [0.1, 0.15) is 53.7 Å². The fraction of sp³-hybridized carbons (Fsp3) is 0.125. The molecule has 0 bridgehead atoms. The minimum absolute atomic E-state index is 0.569. The predicted octanol–water partition coefficient (Wildman–Crippen LogP) is 13.1. The number of fused-ring (bicyclic) bond motifs is 12. The minimum Gasteiger partial charge on any atom is -0.456 e. The van der Waals surface area contributed by atoms with Crippen molar-refractivity contribution in [3.63, 3.8) is 0 Å². The Labute approximate surface area is 290 Å². The molecule has 2 aromatic heterocycles. The summed E-state index contributed by atoms with van der Waals surface area (Å²) in [6, 6.07) is 54.4. The molecule has 9 aromatic rings. The first-order valence-electron chi connectivity index (χ1n) is 18.1. The minimum atomic E-state index is 0.569. The van der Waals surface area contributed by atoms with Crippen molar-refractivity contribution in [2.45, 2.75) is 37.0 Å². The number of rotatable bonds is 2. The first-order valence-corrected chi connectivity index (χ1v) is 18.1. The van der Waals surface area contributed by atoms with Crippen molar-refractivity contribution < 1.29 is 4.42 Å². The Kier molecular flexibility index (Phi) is 5.33. The van der Waals surface area contributed by atoms with Crippen molar-refractivity contribution >= 4 is 43.7 Å². The number of hydrogen-bond acceptors (Lipinski definition) is 1. The van der Waals surface area contributed by atoms with Crippen molar-refractivity contribution in [2.75, 3.05) is 0 Å². The van der Waals surface area contributed by atoms with Crippen LogP contribution in [0.2, 0.25) is 0 Å². The van der Waals surface area contributed by atoms with Gasteiger partial charge in [-0.15, -0.1) is 0 Å². The number of benzene rings is 7. The van der Waals surface area contributed by atoms with Crippen molar-refractivity contribution in [1.29, 1.82) is 0 Å². The average molecular weight is 640 g/mol. The highest BCUT2D eigenvalue weighted by atomic mass is 16.3. The van der Waals surface area contributed by atoms with Crippen LogP contribution in [0, 0.1) is 0 Å². The summed E-state index contributed by atoms with van der Waals surface area (Å²) in [5.41, 5.74) is 18.4. The monoisotopic (exact) mass is 639 g/mol. The number of furan rings is 1. The van der Waals surface area contributed by atoms with Gasteiger partial charge in [-0.2, -0.15) is 0 Å². The van der Waals surface area contributed by atoms with E-state index < -0.39 is 0 Å². The van der Waals surface area contributed by atoms with E-state index in [2.05, 4.69) is 150 Å². The van der Waals surface area contributed by atoms with Crippen LogP contribution in [0.15, 0.2) is 150 Å². The van der Waals surface area contributed by atoms with Gasteiger partial charge in [0.1, 0.15) is 11.2 Å². The summed E-state index contributed by atoms with van der Waals surface area (Å²) < 4.78 is 8.82. The van der Waals surface area contributed by atoms with Crippen molar-refractivity contribution in [3.8, 4) is 39.1 Å². The molecule has 0 N–H and O–H groups in total. The lowest BCUT2D eigenvalue weighted by atomic mass is 9.56. The smallest absolute Gasteiger partial charge is 0.135 e. The van der Waals surface area contributed by atoms with Crippen LogP contribution < -0.4 is 0 Å². The molecular weight excluding hydrogens is 607 g/mol. The molecule has 2 nitrogen and oxygen atoms in total. The van der Waals surface area contributed by atoms with Gasteiger partial charge in [-0.05, 0) is 129 Å². The Morgan fingerprint density at radius 3 is 1.86 bits per heavy atom. The van der Waals surface area contributed by atoms with E-state index in [4.69, 9.17) is 4.42 Å². The van der Waals surface area contributed by atoms with Gasteiger partial charge in [0, 0.05) is 27.2 Å². The Balaban J connectivity index is 1.03. The van der Waals surface area contributed by atoms with Gasteiger partial charge in [-0.1, -0.05) is 103 Å². The number of nitrogens with zero attached hydrogens (tertiary/aromatic N) is 1. The van der Waals surface area contributed by atoms with Crippen molar-refractivity contribution in [3.05, 3.63) is 162 Å². The summed E-state index contributed by atoms with van der Waals surface area (Å²) >= 11 is 0. The average Bonchev–Trinajstić information content (AvgIpc) is 3.72. The second-order valence-corrected chi connectivity index (χ2v) is 14.7. The highest BCUT2D eigenvalue weighted by Gasteiger charge is 2.45. The molecular formula is C48H33NO. The first kappa shape index (κ1) is 27.0. The maximum absolute atomic E-state index is 6.44. The molecule has 50 heavy (non-hydrogen) atoms. The third-order valence-corrected chi connectivity index (χ3v) is 12.4. The molecule has 1 saturated carbocycles. The molecule has 3 atom stereocenters. The lowest BCUT2D eigenvalue weighted by Gasteiger charge is -2.48. The Hall–Kier alpha value is -5.86. The Morgan fingerprint density at radius 1 is 0.460 bits per heavy atom. The maximum Gasteiger partial charge on any atom is 0.135 e. The summed E-state index contributed by atoms with van der Waals surface area (Å²) in [5.74, 6) is 1.75. The molecule has 0 amide bonds. The van der Waals surface area contributed by atoms with Gasteiger partial charge in [0.05, 0.1) is 11.0 Å². The second kappa shape index (κ2) is 9.86. The zero-order valence-electron chi connectivity index (χ0n) is 27.6. The van der Waals surface area contributed by atoms with E-state index in [1.54, 1.807) is 11.1 Å². The van der Waals surface area contributed by atoms with Gasteiger partial charge in [0.25, 0.3) is 0 Å². The van der Waals surface area contributed by atoms with Gasteiger partial charge >= 0.3 is 0 Å². The van der Waals surface area contributed by atoms with Gasteiger partial charge in [-0.25, -0.2) is 0 Å². The Bertz CT molecular complexity index is 2830. The highest BCUT2D eigenvalue weighted by Crippen LogP contribution is 2.63. The lowest BCUT2D eigenvalue weighted by Crippen LogP contribution is -2.30. The van der Waals surface area contributed by atoms with Gasteiger partial charge < -0.3 is 8.98 Å². The summed E-state index contributed by atoms with van der Waals surface area (Å²) in [6.07, 6.45) is 3.85. The summed E-state index contributed by atoms with van der Waals surface area (Å²) in [4.78, 5) is 0. The van der Waals surface area contributed by atoms with Gasteiger partial charge in [0.15, 0.2) is 0 Å². The predicted molar refractivity (Wildman–Crippen MR) is 206 cm³/mol. The number of para-hydroxylation sites is 2. The highest BCUT2D eigenvalue weighted by molar-refractivity contribution is 6.11. The molecule has 2 heteroatoms. The zero-order valence-corrected chi connectivity index (χ0v) is 27.6. The van der Waals surface area contributed by atoms with Crippen LogP contribution in [0.4, 0.5) is 0 Å². The van der Waals surface area contributed by atoms with Crippen LogP contribution in [0.3, 0.4) is 0 Å².